The van der Waals surface area contributed by atoms with Crippen LogP contribution >= 0.6 is 11.6 Å². The molecule has 1 rings (SSSR count). The van der Waals surface area contributed by atoms with Gasteiger partial charge in [0, 0.05) is 5.02 Å². The van der Waals surface area contributed by atoms with Crippen LogP contribution in [-0.2, 0) is 24.5 Å². The first kappa shape index (κ1) is 13.5. The monoisotopic (exact) mass is 256 g/mol. The highest BCUT2D eigenvalue weighted by Crippen LogP contribution is 2.32. The van der Waals surface area contributed by atoms with Crippen LogP contribution in [0.4, 0.5) is 0 Å². The van der Waals surface area contributed by atoms with Crippen molar-refractivity contribution in [1.82, 2.24) is 0 Å². The minimum Gasteiger partial charge on any atom is -0.468 e. The molecule has 5 heteroatoms. The van der Waals surface area contributed by atoms with E-state index in [0.29, 0.717) is 10.6 Å². The molecule has 0 aromatic heterocycles. The normalized spacial score (nSPS) is 10.8. The van der Waals surface area contributed by atoms with Crippen molar-refractivity contribution < 1.29 is 19.1 Å². The Bertz CT molecular complexity index is 426. The van der Waals surface area contributed by atoms with Crippen molar-refractivity contribution in [3.05, 3.63) is 34.9 Å². The van der Waals surface area contributed by atoms with Crippen molar-refractivity contribution in [3.63, 3.8) is 0 Å². The number of rotatable bonds is 3. The van der Waals surface area contributed by atoms with Crippen LogP contribution < -0.4 is 0 Å². The van der Waals surface area contributed by atoms with E-state index >= 15 is 0 Å². The smallest absolute Gasteiger partial charge is 0.327 e. The van der Waals surface area contributed by atoms with Gasteiger partial charge in [-0.05, 0) is 18.6 Å². The highest BCUT2D eigenvalue weighted by atomic mass is 35.5. The van der Waals surface area contributed by atoms with Gasteiger partial charge in [0.15, 0.2) is 5.41 Å². The van der Waals surface area contributed by atoms with E-state index in [1.807, 2.05) is 0 Å². The molecule has 92 valence electrons. The molecule has 0 saturated carbocycles. The molecule has 17 heavy (non-hydrogen) atoms. The first-order chi connectivity index (χ1) is 7.98. The number of halogens is 1. The van der Waals surface area contributed by atoms with Gasteiger partial charge in [0.05, 0.1) is 14.2 Å². The summed E-state index contributed by atoms with van der Waals surface area (Å²) in [6.07, 6.45) is 0. The second-order valence-electron chi connectivity index (χ2n) is 3.59. The van der Waals surface area contributed by atoms with E-state index in [1.165, 1.54) is 21.1 Å². The van der Waals surface area contributed by atoms with E-state index in [4.69, 9.17) is 11.6 Å². The zero-order chi connectivity index (χ0) is 13.1. The molecular weight excluding hydrogens is 244 g/mol. The lowest BCUT2D eigenvalue weighted by molar-refractivity contribution is -0.160. The Morgan fingerprint density at radius 2 is 1.59 bits per heavy atom. The third kappa shape index (κ3) is 2.26. The molecule has 0 aliphatic rings. The second-order valence-corrected chi connectivity index (χ2v) is 4.00. The molecule has 0 fully saturated rings. The fourth-order valence-corrected chi connectivity index (χ4v) is 1.90. The molecule has 0 unspecified atom stereocenters. The van der Waals surface area contributed by atoms with E-state index < -0.39 is 17.4 Å². The van der Waals surface area contributed by atoms with Crippen molar-refractivity contribution in [1.29, 1.82) is 0 Å². The van der Waals surface area contributed by atoms with Crippen LogP contribution in [0.25, 0.3) is 0 Å². The highest BCUT2D eigenvalue weighted by molar-refractivity contribution is 6.32. The predicted octanol–water partition coefficient (Wildman–Crippen LogP) is 1.94. The Kier molecular flexibility index (Phi) is 4.12. The van der Waals surface area contributed by atoms with Crippen molar-refractivity contribution in [2.24, 2.45) is 0 Å². The number of hydrogen-bond acceptors (Lipinski definition) is 4. The molecule has 0 N–H and O–H groups in total. The van der Waals surface area contributed by atoms with Crippen LogP contribution in [0.3, 0.4) is 0 Å². The number of hydrogen-bond donors (Lipinski definition) is 0. The lowest BCUT2D eigenvalue weighted by Gasteiger charge is -2.24. The summed E-state index contributed by atoms with van der Waals surface area (Å²) in [6, 6.07) is 6.59. The maximum atomic E-state index is 11.8. The van der Waals surface area contributed by atoms with Crippen molar-refractivity contribution in [3.8, 4) is 0 Å². The minimum absolute atomic E-state index is 0.311. The quantitative estimate of drug-likeness (QED) is 0.613. The molecule has 1 aromatic rings. The third-order valence-electron chi connectivity index (χ3n) is 2.60. The van der Waals surface area contributed by atoms with E-state index in [1.54, 1.807) is 24.3 Å². The molecule has 0 heterocycles. The van der Waals surface area contributed by atoms with E-state index in [9.17, 15) is 9.59 Å². The fourth-order valence-electron chi connectivity index (χ4n) is 1.58. The summed E-state index contributed by atoms with van der Waals surface area (Å²) in [6.45, 7) is 1.42. The molecule has 0 amide bonds. The van der Waals surface area contributed by atoms with Crippen LogP contribution in [0.2, 0.25) is 5.02 Å². The summed E-state index contributed by atoms with van der Waals surface area (Å²) in [5, 5.41) is 0.311. The number of ether oxygens (including phenoxy) is 2. The van der Waals surface area contributed by atoms with Crippen LogP contribution in [0, 0.1) is 0 Å². The molecule has 0 bridgehead atoms. The lowest BCUT2D eigenvalue weighted by Crippen LogP contribution is -2.42. The van der Waals surface area contributed by atoms with Gasteiger partial charge in [0.2, 0.25) is 0 Å². The van der Waals surface area contributed by atoms with Crippen molar-refractivity contribution >= 4 is 23.5 Å². The van der Waals surface area contributed by atoms with Gasteiger partial charge in [0.25, 0.3) is 0 Å². The van der Waals surface area contributed by atoms with E-state index in [0.717, 1.165) is 0 Å². The first-order valence-electron chi connectivity index (χ1n) is 4.90. The van der Waals surface area contributed by atoms with Gasteiger partial charge in [-0.25, -0.2) is 0 Å². The third-order valence-corrected chi connectivity index (χ3v) is 2.93. The molecular formula is C12H13ClO4. The number of esters is 2. The Labute approximate surface area is 104 Å². The number of carbonyl (C=O) groups is 2. The molecule has 0 aliphatic heterocycles. The summed E-state index contributed by atoms with van der Waals surface area (Å²) >= 11 is 6.00. The first-order valence-corrected chi connectivity index (χ1v) is 5.28. The Morgan fingerprint density at radius 3 is 2.00 bits per heavy atom. The van der Waals surface area contributed by atoms with Crippen molar-refractivity contribution in [2.75, 3.05) is 14.2 Å². The Balaban J connectivity index is 3.39. The number of methoxy groups -OCH3 is 2. The average Bonchev–Trinajstić information content (AvgIpc) is 2.36. The maximum absolute atomic E-state index is 11.8. The fraction of sp³-hybridized carbons (Fsp3) is 0.333. The van der Waals surface area contributed by atoms with Gasteiger partial charge in [-0.3, -0.25) is 9.59 Å². The standard InChI is InChI=1S/C12H13ClO4/c1-12(10(14)16-2,11(15)17-3)8-6-4-5-7-9(8)13/h4-7H,1-3H3. The van der Waals surface area contributed by atoms with Gasteiger partial charge in [-0.2, -0.15) is 0 Å². The van der Waals surface area contributed by atoms with Gasteiger partial charge in [0.1, 0.15) is 0 Å². The largest absolute Gasteiger partial charge is 0.468 e. The topological polar surface area (TPSA) is 52.6 Å². The summed E-state index contributed by atoms with van der Waals surface area (Å²) in [4.78, 5) is 23.6. The zero-order valence-electron chi connectivity index (χ0n) is 9.82. The SMILES string of the molecule is COC(=O)C(C)(C(=O)OC)c1ccccc1Cl. The van der Waals surface area contributed by atoms with Crippen LogP contribution in [0.1, 0.15) is 12.5 Å². The molecule has 0 atom stereocenters. The predicted molar refractivity (Wildman–Crippen MR) is 62.8 cm³/mol. The number of benzene rings is 1. The van der Waals surface area contributed by atoms with Gasteiger partial charge >= 0.3 is 11.9 Å². The van der Waals surface area contributed by atoms with Gasteiger partial charge < -0.3 is 9.47 Å². The second kappa shape index (κ2) is 5.19. The van der Waals surface area contributed by atoms with Gasteiger partial charge in [-0.15, -0.1) is 0 Å². The molecule has 1 aromatic carbocycles. The van der Waals surface area contributed by atoms with Crippen LogP contribution in [0.5, 0.6) is 0 Å². The van der Waals surface area contributed by atoms with E-state index in [-0.39, 0.29) is 0 Å². The summed E-state index contributed by atoms with van der Waals surface area (Å²) in [5.74, 6) is -1.42. The minimum atomic E-state index is -1.55. The Hall–Kier alpha value is -1.55. The lowest BCUT2D eigenvalue weighted by atomic mass is 9.82. The molecule has 0 radical (unpaired) electrons. The zero-order valence-corrected chi connectivity index (χ0v) is 10.6. The summed E-state index contributed by atoms with van der Waals surface area (Å²) in [5.41, 5.74) is -1.19. The van der Waals surface area contributed by atoms with E-state index in [2.05, 4.69) is 9.47 Å². The van der Waals surface area contributed by atoms with Crippen LogP contribution in [0.15, 0.2) is 24.3 Å². The van der Waals surface area contributed by atoms with Gasteiger partial charge in [-0.1, -0.05) is 29.8 Å². The molecule has 0 spiro atoms. The van der Waals surface area contributed by atoms with Crippen LogP contribution in [-0.4, -0.2) is 26.2 Å². The Morgan fingerprint density at radius 1 is 1.12 bits per heavy atom. The number of carbonyl (C=O) groups excluding carboxylic acids is 2. The van der Waals surface area contributed by atoms with Crippen molar-refractivity contribution in [2.45, 2.75) is 12.3 Å². The molecule has 4 nitrogen and oxygen atoms in total. The molecule has 0 saturated heterocycles. The average molecular weight is 257 g/mol. The maximum Gasteiger partial charge on any atom is 0.327 e. The summed E-state index contributed by atoms with van der Waals surface area (Å²) in [7, 11) is 2.42. The summed E-state index contributed by atoms with van der Waals surface area (Å²) < 4.78 is 9.30. The highest BCUT2D eigenvalue weighted by Gasteiger charge is 2.46. The molecule has 0 aliphatic carbocycles.